The number of benzene rings is 2. The van der Waals surface area contributed by atoms with Crippen LogP contribution in [0.15, 0.2) is 42.5 Å². The lowest BCUT2D eigenvalue weighted by atomic mass is 10.1. The quantitative estimate of drug-likeness (QED) is 0.388. The summed E-state index contributed by atoms with van der Waals surface area (Å²) in [5.41, 5.74) is 0.990. The topological polar surface area (TPSA) is 81.9 Å². The van der Waals surface area contributed by atoms with Gasteiger partial charge in [0.1, 0.15) is 18.1 Å². The first-order valence-electron chi connectivity index (χ1n) is 8.22. The van der Waals surface area contributed by atoms with Gasteiger partial charge in [-0.05, 0) is 39.2 Å². The molecule has 2 aromatic rings. The first-order valence-corrected chi connectivity index (χ1v) is 8.22. The minimum atomic E-state index is -0.465. The van der Waals surface area contributed by atoms with Gasteiger partial charge in [0, 0.05) is 17.7 Å². The van der Waals surface area contributed by atoms with Gasteiger partial charge in [0.2, 0.25) is 0 Å². The van der Waals surface area contributed by atoms with Gasteiger partial charge in [0.05, 0.1) is 23.6 Å². The van der Waals surface area contributed by atoms with E-state index in [1.54, 1.807) is 35.2 Å². The van der Waals surface area contributed by atoms with Crippen LogP contribution in [0.5, 0.6) is 11.5 Å². The van der Waals surface area contributed by atoms with Gasteiger partial charge in [-0.1, -0.05) is 12.1 Å². The Morgan fingerprint density at radius 1 is 1.12 bits per heavy atom. The molecule has 0 aliphatic rings. The van der Waals surface area contributed by atoms with Crippen molar-refractivity contribution < 1.29 is 19.2 Å². The van der Waals surface area contributed by atoms with Gasteiger partial charge in [-0.2, -0.15) is 0 Å². The molecule has 0 aromatic heterocycles. The fourth-order valence-electron chi connectivity index (χ4n) is 2.44. The Morgan fingerprint density at radius 3 is 2.50 bits per heavy atom. The van der Waals surface area contributed by atoms with Crippen LogP contribution in [0.3, 0.4) is 0 Å². The predicted octanol–water partition coefficient (Wildman–Crippen LogP) is 3.32. The molecule has 0 aliphatic heterocycles. The molecule has 0 spiro atoms. The number of ketones is 1. The molecule has 2 aromatic carbocycles. The molecule has 0 amide bonds. The summed E-state index contributed by atoms with van der Waals surface area (Å²) in [5.74, 6) is 0.901. The van der Waals surface area contributed by atoms with Crippen molar-refractivity contribution >= 4 is 11.5 Å². The Balaban J connectivity index is 2.24. The van der Waals surface area contributed by atoms with Gasteiger partial charge < -0.3 is 14.4 Å². The van der Waals surface area contributed by atoms with Crippen LogP contribution in [0.25, 0.3) is 0 Å². The number of nitro benzene ring substituents is 1. The fraction of sp³-hybridized carbons (Fsp3) is 0.316. The number of likely N-dealkylation sites (N-methyl/N-ethyl adjacent to an activating group) is 1. The summed E-state index contributed by atoms with van der Waals surface area (Å²) >= 11 is 0. The van der Waals surface area contributed by atoms with Crippen molar-refractivity contribution in [3.63, 3.8) is 0 Å². The molecule has 0 heterocycles. The molecule has 138 valence electrons. The average molecular weight is 358 g/mol. The number of nitrogens with zero attached hydrogens (tertiary/aromatic N) is 2. The number of nitro groups is 1. The highest BCUT2D eigenvalue weighted by atomic mass is 16.6. The first kappa shape index (κ1) is 19.4. The van der Waals surface area contributed by atoms with Crippen LogP contribution in [0.4, 0.5) is 5.69 Å². The minimum absolute atomic E-state index is 0.0379. The average Bonchev–Trinajstić information content (AvgIpc) is 2.60. The normalized spacial score (nSPS) is 10.6. The number of rotatable bonds is 9. The van der Waals surface area contributed by atoms with E-state index in [9.17, 15) is 14.9 Å². The third kappa shape index (κ3) is 5.03. The zero-order chi connectivity index (χ0) is 19.1. The number of para-hydroxylation sites is 1. The monoisotopic (exact) mass is 358 g/mol. The molecule has 7 nitrogen and oxygen atoms in total. The van der Waals surface area contributed by atoms with Crippen molar-refractivity contribution in [1.29, 1.82) is 0 Å². The van der Waals surface area contributed by atoms with Gasteiger partial charge >= 0.3 is 0 Å². The number of hydrogen-bond acceptors (Lipinski definition) is 6. The Morgan fingerprint density at radius 2 is 1.85 bits per heavy atom. The number of Topliss-reactive ketones (excluding diaryl/α,β-unsaturated/α-hetero) is 1. The summed E-state index contributed by atoms with van der Waals surface area (Å²) in [7, 11) is 3.64. The lowest BCUT2D eigenvalue weighted by Gasteiger charge is -2.14. The zero-order valence-electron chi connectivity index (χ0n) is 15.1. The van der Waals surface area contributed by atoms with Crippen molar-refractivity contribution in [2.75, 3.05) is 27.2 Å². The molecule has 0 unspecified atom stereocenters. The van der Waals surface area contributed by atoms with Crippen molar-refractivity contribution in [1.82, 2.24) is 4.90 Å². The number of carbonyl (C=O) groups is 1. The summed E-state index contributed by atoms with van der Waals surface area (Å²) in [6, 6.07) is 11.3. The molecular weight excluding hydrogens is 336 g/mol. The summed E-state index contributed by atoms with van der Waals surface area (Å²) in [5, 5.41) is 11.0. The third-order valence-electron chi connectivity index (χ3n) is 3.59. The van der Waals surface area contributed by atoms with Crippen LogP contribution in [-0.2, 0) is 6.61 Å². The summed E-state index contributed by atoms with van der Waals surface area (Å²) in [6.45, 7) is 2.59. The Labute approximate surface area is 152 Å². The second kappa shape index (κ2) is 8.96. The molecule has 0 radical (unpaired) electrons. The van der Waals surface area contributed by atoms with Crippen LogP contribution in [0.1, 0.15) is 22.8 Å². The highest BCUT2D eigenvalue weighted by Gasteiger charge is 2.16. The van der Waals surface area contributed by atoms with E-state index in [4.69, 9.17) is 9.47 Å². The molecular formula is C19H22N2O5. The van der Waals surface area contributed by atoms with Gasteiger partial charge in [-0.15, -0.1) is 0 Å². The van der Waals surface area contributed by atoms with Gasteiger partial charge in [-0.3, -0.25) is 14.9 Å². The predicted molar refractivity (Wildman–Crippen MR) is 97.9 cm³/mol. The van der Waals surface area contributed by atoms with Crippen LogP contribution in [0, 0.1) is 10.1 Å². The lowest BCUT2D eigenvalue weighted by Crippen LogP contribution is -2.22. The molecule has 0 saturated carbocycles. The minimum Gasteiger partial charge on any atom is -0.493 e. The number of non-ortho nitro benzene ring substituents is 1. The van der Waals surface area contributed by atoms with Crippen molar-refractivity contribution in [2.45, 2.75) is 13.5 Å². The van der Waals surface area contributed by atoms with E-state index < -0.39 is 4.92 Å². The second-order valence-electron chi connectivity index (χ2n) is 5.93. The highest BCUT2D eigenvalue weighted by molar-refractivity contribution is 6.00. The largest absolute Gasteiger partial charge is 0.493 e. The lowest BCUT2D eigenvalue weighted by molar-refractivity contribution is -0.385. The smallest absolute Gasteiger partial charge is 0.270 e. The maximum Gasteiger partial charge on any atom is 0.270 e. The van der Waals surface area contributed by atoms with Crippen molar-refractivity contribution in [2.24, 2.45) is 0 Å². The molecule has 0 saturated heterocycles. The number of carbonyl (C=O) groups excluding carboxylic acids is 1. The van der Waals surface area contributed by atoms with Crippen LogP contribution >= 0.6 is 0 Å². The second-order valence-corrected chi connectivity index (χ2v) is 5.93. The van der Waals surface area contributed by atoms with E-state index in [1.807, 2.05) is 21.0 Å². The van der Waals surface area contributed by atoms with E-state index in [1.165, 1.54) is 12.1 Å². The molecule has 0 N–H and O–H groups in total. The van der Waals surface area contributed by atoms with Crippen LogP contribution in [0.2, 0.25) is 0 Å². The third-order valence-corrected chi connectivity index (χ3v) is 3.59. The molecule has 26 heavy (non-hydrogen) atoms. The van der Waals surface area contributed by atoms with E-state index in [0.717, 1.165) is 0 Å². The Hall–Kier alpha value is -2.93. The fourth-order valence-corrected chi connectivity index (χ4v) is 2.44. The number of ether oxygens (including phenoxy) is 2. The molecule has 2 rings (SSSR count). The van der Waals surface area contributed by atoms with Crippen LogP contribution in [-0.4, -0.2) is 42.9 Å². The SMILES string of the molecule is CCOc1ccc([N+](=O)[O-])cc1COc1ccccc1C(=O)CN(C)C. The van der Waals surface area contributed by atoms with Crippen LogP contribution < -0.4 is 9.47 Å². The van der Waals surface area contributed by atoms with E-state index in [-0.39, 0.29) is 24.6 Å². The maximum atomic E-state index is 12.4. The highest BCUT2D eigenvalue weighted by Crippen LogP contribution is 2.27. The summed E-state index contributed by atoms with van der Waals surface area (Å²) in [4.78, 5) is 24.7. The van der Waals surface area contributed by atoms with Gasteiger partial charge in [-0.25, -0.2) is 0 Å². The Kier molecular flexibility index (Phi) is 6.68. The van der Waals surface area contributed by atoms with Gasteiger partial charge in [0.15, 0.2) is 5.78 Å². The van der Waals surface area contributed by atoms with Crippen molar-refractivity contribution in [3.05, 3.63) is 63.7 Å². The molecule has 0 bridgehead atoms. The molecule has 0 aliphatic carbocycles. The van der Waals surface area contributed by atoms with E-state index in [2.05, 4.69) is 0 Å². The Bertz CT molecular complexity index is 789. The summed E-state index contributed by atoms with van der Waals surface area (Å²) < 4.78 is 11.3. The maximum absolute atomic E-state index is 12.4. The van der Waals surface area contributed by atoms with Crippen molar-refractivity contribution in [3.8, 4) is 11.5 Å². The number of hydrogen-bond donors (Lipinski definition) is 0. The van der Waals surface area contributed by atoms with Gasteiger partial charge in [0.25, 0.3) is 5.69 Å². The molecule has 7 heteroatoms. The standard InChI is InChI=1S/C19H22N2O5/c1-4-25-18-10-9-15(21(23)24)11-14(18)13-26-19-8-6-5-7-16(19)17(22)12-20(2)3/h5-11H,4,12-13H2,1-3H3. The first-order chi connectivity index (χ1) is 12.4. The van der Waals surface area contributed by atoms with E-state index in [0.29, 0.717) is 29.2 Å². The molecule has 0 atom stereocenters. The summed E-state index contributed by atoms with van der Waals surface area (Å²) in [6.07, 6.45) is 0. The molecule has 0 fully saturated rings. The van der Waals surface area contributed by atoms with E-state index >= 15 is 0 Å². The zero-order valence-corrected chi connectivity index (χ0v) is 15.1.